The first-order valence-corrected chi connectivity index (χ1v) is 9.53. The van der Waals surface area contributed by atoms with Crippen LogP contribution in [-0.2, 0) is 19.1 Å². The summed E-state index contributed by atoms with van der Waals surface area (Å²) in [4.78, 5) is 35.5. The van der Waals surface area contributed by atoms with E-state index in [1.165, 1.54) is 6.42 Å². The maximum atomic E-state index is 11.9. The van der Waals surface area contributed by atoms with Gasteiger partial charge in [-0.2, -0.15) is 0 Å². The summed E-state index contributed by atoms with van der Waals surface area (Å²) in [5.74, 6) is -1.13. The lowest BCUT2D eigenvalue weighted by Gasteiger charge is -2.20. The highest BCUT2D eigenvalue weighted by Crippen LogP contribution is 2.23. The van der Waals surface area contributed by atoms with Gasteiger partial charge in [-0.05, 0) is 66.1 Å². The van der Waals surface area contributed by atoms with Crippen molar-refractivity contribution in [2.24, 2.45) is 5.92 Å². The van der Waals surface area contributed by atoms with Gasteiger partial charge in [0.05, 0.1) is 0 Å². The fourth-order valence-electron chi connectivity index (χ4n) is 2.82. The van der Waals surface area contributed by atoms with Gasteiger partial charge in [-0.3, -0.25) is 14.4 Å². The van der Waals surface area contributed by atoms with Crippen molar-refractivity contribution >= 4 is 46.1 Å². The third-order valence-corrected chi connectivity index (χ3v) is 4.88. The van der Waals surface area contributed by atoms with Gasteiger partial charge in [0, 0.05) is 15.2 Å². The second-order valence-electron chi connectivity index (χ2n) is 6.22. The van der Waals surface area contributed by atoms with Crippen molar-refractivity contribution in [1.82, 2.24) is 5.32 Å². The summed E-state index contributed by atoms with van der Waals surface area (Å²) in [5.41, 5.74) is 1.62. The minimum absolute atomic E-state index is 0.00583. The van der Waals surface area contributed by atoms with E-state index in [0.717, 1.165) is 34.8 Å². The highest BCUT2D eigenvalue weighted by Gasteiger charge is 2.21. The molecule has 25 heavy (non-hydrogen) atoms. The lowest BCUT2D eigenvalue weighted by molar-refractivity contribution is -0.147. The molecule has 0 bridgehead atoms. The van der Waals surface area contributed by atoms with Crippen molar-refractivity contribution < 1.29 is 19.1 Å². The predicted octanol–water partition coefficient (Wildman–Crippen LogP) is 2.78. The number of hydrogen-bond donors (Lipinski definition) is 2. The number of hydrogen-bond acceptors (Lipinski definition) is 4. The van der Waals surface area contributed by atoms with Gasteiger partial charge in [0.15, 0.2) is 6.61 Å². The Balaban J connectivity index is 1.68. The first-order chi connectivity index (χ1) is 12.0. The fraction of sp³-hybridized carbons (Fsp3) is 0.500. The number of nitrogens with one attached hydrogen (secondary N) is 2. The Bertz CT molecular complexity index is 642. The van der Waals surface area contributed by atoms with Gasteiger partial charge in [-0.25, -0.2) is 0 Å². The molecule has 2 N–H and O–H groups in total. The predicted molar refractivity (Wildman–Crippen MR) is 103 cm³/mol. The molecule has 2 rings (SSSR count). The molecule has 6 nitrogen and oxygen atoms in total. The van der Waals surface area contributed by atoms with Crippen LogP contribution < -0.4 is 10.6 Å². The maximum Gasteiger partial charge on any atom is 0.325 e. The third kappa shape index (κ3) is 6.64. The number of carbonyl (C=O) groups excluding carboxylic acids is 3. The number of carbonyl (C=O) groups is 3. The second-order valence-corrected chi connectivity index (χ2v) is 7.47. The summed E-state index contributed by atoms with van der Waals surface area (Å²) in [5, 5.41) is 5.30. The average Bonchev–Trinajstić information content (AvgIpc) is 2.61. The van der Waals surface area contributed by atoms with Gasteiger partial charge in [-0.1, -0.05) is 19.3 Å². The number of ether oxygens (including phenoxy) is 1. The molecule has 1 aliphatic carbocycles. The number of amides is 2. The Morgan fingerprint density at radius 1 is 1.20 bits per heavy atom. The molecular weight excluding hydrogens is 435 g/mol. The topological polar surface area (TPSA) is 84.5 Å². The van der Waals surface area contributed by atoms with Gasteiger partial charge in [0.1, 0.15) is 6.54 Å². The molecule has 0 aromatic heterocycles. The van der Waals surface area contributed by atoms with Crippen LogP contribution >= 0.6 is 22.6 Å². The van der Waals surface area contributed by atoms with Crippen LogP contribution in [0.2, 0.25) is 0 Å². The normalized spacial score (nSPS) is 14.6. The molecule has 0 aliphatic heterocycles. The molecule has 1 aliphatic rings. The molecule has 1 saturated carbocycles. The summed E-state index contributed by atoms with van der Waals surface area (Å²) < 4.78 is 5.99. The summed E-state index contributed by atoms with van der Waals surface area (Å²) in [6.45, 7) is 1.32. The molecule has 1 fully saturated rings. The number of esters is 1. The van der Waals surface area contributed by atoms with Crippen molar-refractivity contribution in [3.05, 3.63) is 27.3 Å². The largest absolute Gasteiger partial charge is 0.454 e. The first-order valence-electron chi connectivity index (χ1n) is 8.45. The van der Waals surface area contributed by atoms with E-state index in [2.05, 4.69) is 33.2 Å². The van der Waals surface area contributed by atoms with Crippen LogP contribution in [0.25, 0.3) is 0 Å². The van der Waals surface area contributed by atoms with E-state index < -0.39 is 11.9 Å². The zero-order valence-corrected chi connectivity index (χ0v) is 16.4. The minimum atomic E-state index is -0.612. The van der Waals surface area contributed by atoms with E-state index in [0.29, 0.717) is 5.69 Å². The molecule has 0 spiro atoms. The average molecular weight is 458 g/mol. The Labute approximate surface area is 161 Å². The summed E-state index contributed by atoms with van der Waals surface area (Å²) >= 11 is 2.19. The maximum absolute atomic E-state index is 11.9. The number of anilines is 1. The minimum Gasteiger partial charge on any atom is -0.454 e. The first kappa shape index (κ1) is 19.7. The van der Waals surface area contributed by atoms with Crippen LogP contribution in [0, 0.1) is 16.4 Å². The molecule has 136 valence electrons. The van der Waals surface area contributed by atoms with E-state index in [1.54, 1.807) is 6.07 Å². The molecule has 0 unspecified atom stereocenters. The Hall–Kier alpha value is -1.64. The summed E-state index contributed by atoms with van der Waals surface area (Å²) in [6.07, 6.45) is 5.03. The monoisotopic (exact) mass is 458 g/mol. The quantitative estimate of drug-likeness (QED) is 0.508. The number of aryl methyl sites for hydroxylation is 1. The molecule has 1 aromatic rings. The van der Waals surface area contributed by atoms with Gasteiger partial charge >= 0.3 is 5.97 Å². The summed E-state index contributed by atoms with van der Waals surface area (Å²) in [7, 11) is 0. The SMILES string of the molecule is Cc1cc(I)ccc1NC(=O)COC(=O)CNC(=O)C1CCCCC1. The molecule has 7 heteroatoms. The van der Waals surface area contributed by atoms with Crippen LogP contribution in [0.15, 0.2) is 18.2 Å². The van der Waals surface area contributed by atoms with Crippen molar-refractivity contribution in [1.29, 1.82) is 0 Å². The second kappa shape index (κ2) is 9.74. The van der Waals surface area contributed by atoms with Gasteiger partial charge in [0.2, 0.25) is 5.91 Å². The lowest BCUT2D eigenvalue weighted by Crippen LogP contribution is -2.36. The lowest BCUT2D eigenvalue weighted by atomic mass is 9.89. The molecule has 2 amide bonds. The zero-order chi connectivity index (χ0) is 18.2. The number of benzene rings is 1. The van der Waals surface area contributed by atoms with Crippen LogP contribution in [-0.4, -0.2) is 30.9 Å². The van der Waals surface area contributed by atoms with Crippen LogP contribution in [0.5, 0.6) is 0 Å². The molecule has 0 heterocycles. The zero-order valence-electron chi connectivity index (χ0n) is 14.3. The molecule has 1 aromatic carbocycles. The Morgan fingerprint density at radius 2 is 1.92 bits per heavy atom. The van der Waals surface area contributed by atoms with Gasteiger partial charge < -0.3 is 15.4 Å². The smallest absolute Gasteiger partial charge is 0.325 e. The van der Waals surface area contributed by atoms with Crippen molar-refractivity contribution in [3.8, 4) is 0 Å². The number of halogens is 1. The Morgan fingerprint density at radius 3 is 2.60 bits per heavy atom. The van der Waals surface area contributed by atoms with E-state index in [9.17, 15) is 14.4 Å². The van der Waals surface area contributed by atoms with E-state index >= 15 is 0 Å². The van der Waals surface area contributed by atoms with Crippen LogP contribution in [0.4, 0.5) is 5.69 Å². The molecule has 0 atom stereocenters. The Kier molecular flexibility index (Phi) is 7.67. The van der Waals surface area contributed by atoms with E-state index in [1.807, 2.05) is 19.1 Å². The van der Waals surface area contributed by atoms with Gasteiger partial charge in [-0.15, -0.1) is 0 Å². The molecule has 0 radical (unpaired) electrons. The van der Waals surface area contributed by atoms with Crippen LogP contribution in [0.1, 0.15) is 37.7 Å². The highest BCUT2D eigenvalue weighted by molar-refractivity contribution is 14.1. The molecule has 0 saturated heterocycles. The number of rotatable bonds is 6. The highest BCUT2D eigenvalue weighted by atomic mass is 127. The van der Waals surface area contributed by atoms with Crippen molar-refractivity contribution in [3.63, 3.8) is 0 Å². The van der Waals surface area contributed by atoms with E-state index in [-0.39, 0.29) is 25.0 Å². The molecular formula is C18H23IN2O4. The van der Waals surface area contributed by atoms with Crippen molar-refractivity contribution in [2.75, 3.05) is 18.5 Å². The standard InChI is InChI=1S/C18H23IN2O4/c1-12-9-14(19)7-8-15(12)21-16(22)11-25-17(23)10-20-18(24)13-5-3-2-4-6-13/h7-9,13H,2-6,10-11H2,1H3,(H,20,24)(H,21,22). The van der Waals surface area contributed by atoms with Gasteiger partial charge in [0.25, 0.3) is 5.91 Å². The summed E-state index contributed by atoms with van der Waals surface area (Å²) in [6, 6.07) is 5.64. The fourth-order valence-corrected chi connectivity index (χ4v) is 3.47. The third-order valence-electron chi connectivity index (χ3n) is 4.21. The van der Waals surface area contributed by atoms with E-state index in [4.69, 9.17) is 4.74 Å². The van der Waals surface area contributed by atoms with Crippen LogP contribution in [0.3, 0.4) is 0 Å². The van der Waals surface area contributed by atoms with Crippen molar-refractivity contribution in [2.45, 2.75) is 39.0 Å².